The van der Waals surface area contributed by atoms with E-state index in [9.17, 15) is 5.11 Å². The zero-order valence-corrected chi connectivity index (χ0v) is 15.8. The van der Waals surface area contributed by atoms with Gasteiger partial charge in [-0.1, -0.05) is 60.7 Å². The van der Waals surface area contributed by atoms with Crippen LogP contribution in [0.2, 0.25) is 0 Å². The molecule has 1 aliphatic heterocycles. The molecule has 1 saturated carbocycles. The quantitative estimate of drug-likeness (QED) is 0.823. The first kappa shape index (κ1) is 18.6. The summed E-state index contributed by atoms with van der Waals surface area (Å²) in [6.07, 6.45) is 0.845. The van der Waals surface area contributed by atoms with Crippen LogP contribution >= 0.6 is 0 Å². The minimum Gasteiger partial charge on any atom is -0.390 e. The number of fused-ring (bicyclic) bond motifs is 1. The van der Waals surface area contributed by atoms with Crippen LogP contribution in [0.25, 0.3) is 0 Å². The molecule has 1 saturated heterocycles. The third kappa shape index (κ3) is 4.41. The van der Waals surface area contributed by atoms with E-state index < -0.39 is 6.10 Å². The molecule has 4 heteroatoms. The van der Waals surface area contributed by atoms with E-state index in [-0.39, 0.29) is 12.2 Å². The highest BCUT2D eigenvalue weighted by atomic mass is 16.5. The highest BCUT2D eigenvalue weighted by molar-refractivity contribution is 5.15. The molecule has 6 atom stereocenters. The number of aliphatic hydroxyl groups is 1. The van der Waals surface area contributed by atoms with Crippen molar-refractivity contribution in [1.82, 2.24) is 5.32 Å². The molecule has 2 aliphatic rings. The second-order valence-corrected chi connectivity index (χ2v) is 7.90. The second-order valence-electron chi connectivity index (χ2n) is 7.90. The molecule has 2 N–H and O–H groups in total. The molecule has 2 aromatic carbocycles. The first-order valence-corrected chi connectivity index (χ1v) is 9.96. The van der Waals surface area contributed by atoms with Gasteiger partial charge in [0.1, 0.15) is 6.10 Å². The number of rotatable bonds is 6. The molecule has 0 radical (unpaired) electrons. The molecule has 4 rings (SSSR count). The van der Waals surface area contributed by atoms with Gasteiger partial charge in [0.25, 0.3) is 0 Å². The van der Waals surface area contributed by atoms with Crippen LogP contribution in [0.5, 0.6) is 0 Å². The van der Waals surface area contributed by atoms with Crippen molar-refractivity contribution in [2.24, 2.45) is 5.92 Å². The molecule has 0 unspecified atom stereocenters. The molecule has 0 bridgehead atoms. The fourth-order valence-electron chi connectivity index (χ4n) is 4.55. The summed E-state index contributed by atoms with van der Waals surface area (Å²) in [4.78, 5) is 0. The number of ether oxygens (including phenoxy) is 2. The highest BCUT2D eigenvalue weighted by Crippen LogP contribution is 2.37. The van der Waals surface area contributed by atoms with Crippen molar-refractivity contribution in [3.63, 3.8) is 0 Å². The van der Waals surface area contributed by atoms with Gasteiger partial charge in [-0.15, -0.1) is 0 Å². The maximum Gasteiger partial charge on any atom is 0.110 e. The molecule has 2 fully saturated rings. The number of hydrogen-bond acceptors (Lipinski definition) is 4. The Hall–Kier alpha value is -1.72. The summed E-state index contributed by atoms with van der Waals surface area (Å²) in [5.41, 5.74) is 2.27. The minimum atomic E-state index is -0.520. The average molecular weight is 367 g/mol. The lowest BCUT2D eigenvalue weighted by Crippen LogP contribution is -2.55. The van der Waals surface area contributed by atoms with Crippen molar-refractivity contribution in [2.75, 3.05) is 0 Å². The van der Waals surface area contributed by atoms with E-state index >= 15 is 0 Å². The summed E-state index contributed by atoms with van der Waals surface area (Å²) in [5, 5.41) is 14.4. The Labute approximate surface area is 161 Å². The lowest BCUT2D eigenvalue weighted by atomic mass is 9.78. The third-order valence-corrected chi connectivity index (χ3v) is 5.83. The maximum absolute atomic E-state index is 10.8. The lowest BCUT2D eigenvalue weighted by Gasteiger charge is -2.42. The number of benzene rings is 2. The third-order valence-electron chi connectivity index (χ3n) is 5.83. The molecular formula is C23H29NO3. The fourth-order valence-corrected chi connectivity index (χ4v) is 4.55. The molecule has 0 spiro atoms. The Bertz CT molecular complexity index is 708. The monoisotopic (exact) mass is 367 g/mol. The predicted molar refractivity (Wildman–Crippen MR) is 105 cm³/mol. The number of nitrogens with one attached hydrogen (secondary N) is 1. The van der Waals surface area contributed by atoms with Gasteiger partial charge in [0, 0.05) is 18.0 Å². The smallest absolute Gasteiger partial charge is 0.110 e. The van der Waals surface area contributed by atoms with Gasteiger partial charge in [0.15, 0.2) is 0 Å². The van der Waals surface area contributed by atoms with E-state index in [1.54, 1.807) is 0 Å². The molecule has 0 aromatic heterocycles. The van der Waals surface area contributed by atoms with Gasteiger partial charge in [-0.05, 0) is 30.9 Å². The Morgan fingerprint density at radius 1 is 0.852 bits per heavy atom. The predicted octanol–water partition coefficient (Wildman–Crippen LogP) is 3.29. The summed E-state index contributed by atoms with van der Waals surface area (Å²) >= 11 is 0. The van der Waals surface area contributed by atoms with Gasteiger partial charge >= 0.3 is 0 Å². The van der Waals surface area contributed by atoms with Crippen LogP contribution in [-0.2, 0) is 22.7 Å². The van der Waals surface area contributed by atoms with Crippen molar-refractivity contribution in [2.45, 2.75) is 63.4 Å². The Morgan fingerprint density at radius 3 is 2.00 bits per heavy atom. The van der Waals surface area contributed by atoms with Crippen molar-refractivity contribution in [3.8, 4) is 0 Å². The van der Waals surface area contributed by atoms with Gasteiger partial charge < -0.3 is 19.9 Å². The zero-order valence-electron chi connectivity index (χ0n) is 15.8. The average Bonchev–Trinajstić information content (AvgIpc) is 3.06. The van der Waals surface area contributed by atoms with Crippen LogP contribution in [0.1, 0.15) is 30.9 Å². The van der Waals surface area contributed by atoms with E-state index in [0.717, 1.165) is 24.0 Å². The number of hydrogen-bond donors (Lipinski definition) is 2. The molecule has 1 aliphatic carbocycles. The van der Waals surface area contributed by atoms with Crippen LogP contribution in [0.4, 0.5) is 0 Å². The largest absolute Gasteiger partial charge is 0.390 e. The Kier molecular flexibility index (Phi) is 5.89. The van der Waals surface area contributed by atoms with Crippen molar-refractivity contribution in [3.05, 3.63) is 71.8 Å². The van der Waals surface area contributed by atoms with E-state index in [1.807, 2.05) is 36.4 Å². The molecule has 4 nitrogen and oxygen atoms in total. The summed E-state index contributed by atoms with van der Waals surface area (Å²) in [6, 6.07) is 21.1. The van der Waals surface area contributed by atoms with Gasteiger partial charge in [0.05, 0.1) is 25.4 Å². The standard InChI is InChI=1S/C23H29NO3/c1-16-12-19-20(24-16)13-21(25)23(27-15-18-10-6-3-7-11-18)22(19)26-14-17-8-4-2-5-9-17/h2-11,16,19-25H,12-15H2,1H3/t16-,19-,20+,21-,22+,23-/m1/s1. The first-order valence-electron chi connectivity index (χ1n) is 9.96. The van der Waals surface area contributed by atoms with Gasteiger partial charge in [-0.25, -0.2) is 0 Å². The first-order chi connectivity index (χ1) is 13.2. The molecule has 2 aromatic rings. The van der Waals surface area contributed by atoms with Crippen molar-refractivity contribution < 1.29 is 14.6 Å². The Balaban J connectivity index is 1.48. The highest BCUT2D eigenvalue weighted by Gasteiger charge is 2.49. The summed E-state index contributed by atoms with van der Waals surface area (Å²) < 4.78 is 12.6. The molecular weight excluding hydrogens is 338 g/mol. The van der Waals surface area contributed by atoms with Crippen LogP contribution in [0.15, 0.2) is 60.7 Å². The summed E-state index contributed by atoms with van der Waals surface area (Å²) in [5.74, 6) is 0.368. The van der Waals surface area contributed by atoms with E-state index in [1.165, 1.54) is 0 Å². The van der Waals surface area contributed by atoms with Crippen LogP contribution in [0.3, 0.4) is 0 Å². The summed E-state index contributed by atoms with van der Waals surface area (Å²) in [6.45, 7) is 3.24. The fraction of sp³-hybridized carbons (Fsp3) is 0.478. The van der Waals surface area contributed by atoms with Crippen LogP contribution in [0, 0.1) is 5.92 Å². The second kappa shape index (κ2) is 8.53. The number of aliphatic hydroxyl groups excluding tert-OH is 1. The van der Waals surface area contributed by atoms with E-state index in [4.69, 9.17) is 9.47 Å². The normalized spacial score (nSPS) is 33.0. The van der Waals surface area contributed by atoms with E-state index in [2.05, 4.69) is 36.5 Å². The minimum absolute atomic E-state index is 0.111. The van der Waals surface area contributed by atoms with Gasteiger partial charge in [-0.3, -0.25) is 0 Å². The van der Waals surface area contributed by atoms with Crippen molar-refractivity contribution in [1.29, 1.82) is 0 Å². The lowest BCUT2D eigenvalue weighted by molar-refractivity contribution is -0.173. The Morgan fingerprint density at radius 2 is 1.41 bits per heavy atom. The maximum atomic E-state index is 10.8. The summed E-state index contributed by atoms with van der Waals surface area (Å²) in [7, 11) is 0. The van der Waals surface area contributed by atoms with Crippen molar-refractivity contribution >= 4 is 0 Å². The van der Waals surface area contributed by atoms with E-state index in [0.29, 0.717) is 31.2 Å². The zero-order chi connectivity index (χ0) is 18.6. The SMILES string of the molecule is C[C@@H]1C[C@H]2[C@H](OCc3ccccc3)[C@H](OCc3ccccc3)[C@H](O)C[C@@H]2N1. The molecule has 27 heavy (non-hydrogen) atoms. The molecule has 0 amide bonds. The molecule has 1 heterocycles. The molecule has 144 valence electrons. The topological polar surface area (TPSA) is 50.7 Å². The van der Waals surface area contributed by atoms with Gasteiger partial charge in [-0.2, -0.15) is 0 Å². The van der Waals surface area contributed by atoms with Gasteiger partial charge in [0.2, 0.25) is 0 Å². The van der Waals surface area contributed by atoms with Crippen LogP contribution < -0.4 is 5.32 Å². The van der Waals surface area contributed by atoms with Crippen LogP contribution in [-0.4, -0.2) is 35.5 Å².